The monoisotopic (exact) mass is 2420 g/mol. The third kappa shape index (κ3) is 36.9. The Balaban J connectivity index is 0.000000226. The maximum absolute atomic E-state index is 10.6. The molecule has 5 N–H and O–H groups in total. The molecule has 0 fully saturated rings. The maximum atomic E-state index is 10.6. The average Bonchev–Trinajstić information content (AvgIpc) is 0.814. The molecule has 15 aromatic carbocycles. The Morgan fingerprint density at radius 1 is 0.238 bits per heavy atom. The van der Waals surface area contributed by atoms with Gasteiger partial charge >= 0.3 is 206 Å². The van der Waals surface area contributed by atoms with Gasteiger partial charge in [-0.25, -0.2) is 15.0 Å². The zero-order valence-electron chi connectivity index (χ0n) is 66.2. The molecule has 0 aliphatic heterocycles. The van der Waals surface area contributed by atoms with Crippen LogP contribution in [0.1, 0.15) is 69.5 Å². The predicted molar refractivity (Wildman–Crippen MR) is 533 cm³/mol. The van der Waals surface area contributed by atoms with E-state index in [2.05, 4.69) is 142 Å². The van der Waals surface area contributed by atoms with Crippen molar-refractivity contribution in [3.8, 4) is 39.9 Å². The fourth-order valence-electron chi connectivity index (χ4n) is 11.7. The number of aliphatic imine (C=N–C) groups is 5. The van der Waals surface area contributed by atoms with Crippen LogP contribution in [0.5, 0.6) is 28.7 Å². The molecule has 0 spiro atoms. The number of aryl methyl sites for hydroxylation is 2. The summed E-state index contributed by atoms with van der Waals surface area (Å²) >= 11 is 32.5. The number of benzene rings is 15. The standard InChI is InChI=1S/3C20H17NO.C19H15NO.C18H15NO.10BrH.5Ti/c2*1-15-9-8-14-18(20(15)22)19(16-10-4-2-5-11-16)21-17-12-6-3-7-13-17;1-15(21-17-11-6-3-7-12-17)18-13-8-14-19(20(18)22)16-9-4-2-5-10-16;21-18-14-8-7-13-17(18)19(15-9-3-1-4-10-15)20-16-11-5-2-6-12-16;1-13(19-15-8-3-2-4-9-15)18-16-10-6-5-7-14(16)11-12-17(18)20;;;;;;;;;;;;;;;/h3*2-14,22H,1H3;1-14,21H;2-12,20H,1H3;10*1H;;;;;/q;;;;;;;;;;;;;;;5*+2/p-10. The van der Waals surface area contributed by atoms with Crippen LogP contribution in [0.4, 0.5) is 28.4 Å². The SMILES string of the molecule is CC(=Nc1ccccc1)c1c(O)ccc2ccccc12.CC(=Nc1ccccc1)c1cccc(-c2ccccc2)c1O.Cc1cccc(C(=Nc2ccccc2)c2ccccc2)c1O.Cc1cccc(C(=Nc2ccccc2)c2ccccc2)c1O.Oc1ccccc1C(=Nc1ccccc1)c1ccccc1.[Br][Ti][Br].[Br][Ti][Br].[Br][Ti][Br].[Br][Ti][Br].[Br][Ti][Br]. The van der Waals surface area contributed by atoms with Gasteiger partial charge < -0.3 is 25.5 Å². The van der Waals surface area contributed by atoms with Crippen LogP contribution in [0, 0.1) is 13.8 Å². The third-order valence-corrected chi connectivity index (χ3v) is 17.2. The van der Waals surface area contributed by atoms with E-state index < -0.39 is 0 Å². The van der Waals surface area contributed by atoms with Gasteiger partial charge in [0.25, 0.3) is 0 Å². The van der Waals surface area contributed by atoms with Crippen LogP contribution in [-0.2, 0) is 74.8 Å². The Hall–Kier alpha value is -5.72. The number of rotatable bonds is 14. The van der Waals surface area contributed by atoms with Crippen molar-refractivity contribution in [2.45, 2.75) is 27.7 Å². The molecule has 0 saturated carbocycles. The second kappa shape index (κ2) is 62.4. The van der Waals surface area contributed by atoms with Crippen molar-refractivity contribution in [3.05, 3.63) is 444 Å². The summed E-state index contributed by atoms with van der Waals surface area (Å²) in [6.45, 7) is 7.62. The molecule has 15 rings (SSSR count). The van der Waals surface area contributed by atoms with Gasteiger partial charge in [0.15, 0.2) is 0 Å². The Labute approximate surface area is 824 Å². The van der Waals surface area contributed by atoms with Crippen LogP contribution in [0.2, 0.25) is 0 Å². The van der Waals surface area contributed by atoms with Crippen molar-refractivity contribution in [2.75, 3.05) is 0 Å². The molecule has 0 heterocycles. The second-order valence-corrected chi connectivity index (χ2v) is 64.5. The van der Waals surface area contributed by atoms with E-state index in [9.17, 15) is 25.5 Å². The molecule has 0 unspecified atom stereocenters. The van der Waals surface area contributed by atoms with Crippen molar-refractivity contribution in [1.29, 1.82) is 0 Å². The molecular weight excluding hydrogens is 2350 g/mol. The molecule has 614 valence electrons. The number of phenolic OH excluding ortho intramolecular Hbond substituents is 5. The number of halogens is 10. The van der Waals surface area contributed by atoms with E-state index in [4.69, 9.17) is 15.0 Å². The van der Waals surface area contributed by atoms with E-state index in [0.717, 1.165) is 135 Å². The molecule has 0 radical (unpaired) electrons. The van der Waals surface area contributed by atoms with E-state index in [1.54, 1.807) is 12.1 Å². The molecule has 0 aliphatic carbocycles. The average molecular weight is 2440 g/mol. The quantitative estimate of drug-likeness (QED) is 0.0540. The molecule has 0 aromatic heterocycles. The van der Waals surface area contributed by atoms with Crippen LogP contribution in [0.25, 0.3) is 21.9 Å². The molecule has 0 atom stereocenters. The predicted octanol–water partition coefficient (Wildman–Crippen LogP) is 32.6. The van der Waals surface area contributed by atoms with E-state index >= 15 is 0 Å². The van der Waals surface area contributed by atoms with E-state index in [1.165, 1.54) is 0 Å². The first kappa shape index (κ1) is 105. The molecule has 10 nitrogen and oxygen atoms in total. The van der Waals surface area contributed by atoms with E-state index in [0.29, 0.717) is 0 Å². The number of hydrogen-bond donors (Lipinski definition) is 5. The van der Waals surface area contributed by atoms with Crippen molar-refractivity contribution in [2.24, 2.45) is 25.0 Å². The Kier molecular flexibility index (Phi) is 53.8. The summed E-state index contributed by atoms with van der Waals surface area (Å²) in [6, 6.07) is 125. The fraction of sp³-hybridized carbons (Fsp3) is 0.0412. The molecule has 0 bridgehead atoms. The third-order valence-electron chi connectivity index (χ3n) is 17.2. The molecule has 25 heteroatoms. The summed E-state index contributed by atoms with van der Waals surface area (Å²) < 4.78 is 0. The summed E-state index contributed by atoms with van der Waals surface area (Å²) in [5, 5.41) is 53.9. The zero-order valence-corrected chi connectivity index (χ0v) is 89.9. The molecule has 0 amide bonds. The van der Waals surface area contributed by atoms with Crippen molar-refractivity contribution in [1.82, 2.24) is 0 Å². The Morgan fingerprint density at radius 2 is 0.516 bits per heavy atom. The van der Waals surface area contributed by atoms with Crippen LogP contribution in [0.3, 0.4) is 0 Å². The molecular formula is C97H81Br10N5O5Ti5. The Morgan fingerprint density at radius 3 is 0.885 bits per heavy atom. The minimum absolute atomic E-state index is 0.125. The number of phenols is 5. The first-order valence-electron chi connectivity index (χ1n) is 37.0. The van der Waals surface area contributed by atoms with Crippen molar-refractivity contribution in [3.63, 3.8) is 0 Å². The van der Waals surface area contributed by atoms with Gasteiger partial charge in [-0.2, -0.15) is 0 Å². The number of hydrogen-bond acceptors (Lipinski definition) is 10. The summed E-state index contributed by atoms with van der Waals surface area (Å²) in [5.74, 6) is 1.32. The van der Waals surface area contributed by atoms with Gasteiger partial charge in [0, 0.05) is 61.5 Å². The van der Waals surface area contributed by atoms with Crippen LogP contribution in [-0.4, -0.2) is 54.1 Å². The minimum atomic E-state index is 0.125. The molecule has 0 aliphatic rings. The number of nitrogens with zero attached hydrogens (tertiary/aromatic N) is 5. The molecule has 122 heavy (non-hydrogen) atoms. The van der Waals surface area contributed by atoms with Gasteiger partial charge in [0.1, 0.15) is 28.7 Å². The molecule has 0 saturated heterocycles. The zero-order chi connectivity index (χ0) is 88.1. The second-order valence-electron chi connectivity index (χ2n) is 25.1. The van der Waals surface area contributed by atoms with E-state index in [-0.39, 0.29) is 104 Å². The van der Waals surface area contributed by atoms with Gasteiger partial charge in [0.05, 0.1) is 45.6 Å². The number of fused-ring (bicyclic) bond motifs is 1. The van der Waals surface area contributed by atoms with Gasteiger partial charge in [-0.1, -0.05) is 291 Å². The Bertz CT molecular complexity index is 5540. The van der Waals surface area contributed by atoms with Crippen LogP contribution in [0.15, 0.2) is 413 Å². The summed E-state index contributed by atoms with van der Waals surface area (Å²) in [4.78, 5) is 23.4. The molecule has 15 aromatic rings. The van der Waals surface area contributed by atoms with E-state index in [1.807, 2.05) is 404 Å². The number of aromatic hydroxyl groups is 5. The fourth-order valence-corrected chi connectivity index (χ4v) is 11.7. The first-order valence-corrected chi connectivity index (χ1v) is 75.6. The number of para-hydroxylation sites is 9. The van der Waals surface area contributed by atoms with Gasteiger partial charge in [-0.15, -0.1) is 0 Å². The van der Waals surface area contributed by atoms with Gasteiger partial charge in [-0.3, -0.25) is 9.98 Å². The van der Waals surface area contributed by atoms with Crippen molar-refractivity contribution < 1.29 is 100 Å². The van der Waals surface area contributed by atoms with Gasteiger partial charge in [-0.05, 0) is 152 Å². The summed E-state index contributed by atoms with van der Waals surface area (Å²) in [5.41, 5.74) is 18.5. The normalized spacial score (nSPS) is 10.6. The van der Waals surface area contributed by atoms with Crippen molar-refractivity contribution >= 4 is 199 Å². The topological polar surface area (TPSA) is 163 Å². The van der Waals surface area contributed by atoms with Gasteiger partial charge in [0.2, 0.25) is 0 Å². The first-order chi connectivity index (χ1) is 59.4. The summed E-state index contributed by atoms with van der Waals surface area (Å²) in [7, 11) is 0. The van der Waals surface area contributed by atoms with Crippen LogP contribution < -0.4 is 0 Å². The summed E-state index contributed by atoms with van der Waals surface area (Å²) in [6.07, 6.45) is 0. The van der Waals surface area contributed by atoms with Crippen LogP contribution >= 0.6 is 132 Å².